The highest BCUT2D eigenvalue weighted by Gasteiger charge is 2.30. The summed E-state index contributed by atoms with van der Waals surface area (Å²) in [4.78, 5) is 24.0. The summed E-state index contributed by atoms with van der Waals surface area (Å²) in [6, 6.07) is 7.78. The standard InChI is InChI=1S/C19H21N3O6S/c1-12(13-2-3-15-14(10-13)11-17(23)21-15)20-19(24)16-4-5-18(28-16)29(25,26)22-6-8-27-9-7-22/h2-5,10,12H,6-9,11H2,1H3,(H,20,24)(H,21,23)/t12-/m1/s1. The van der Waals surface area contributed by atoms with Crippen molar-refractivity contribution in [2.75, 3.05) is 31.6 Å². The molecule has 2 aliphatic rings. The van der Waals surface area contributed by atoms with Crippen molar-refractivity contribution in [2.45, 2.75) is 24.5 Å². The van der Waals surface area contributed by atoms with Crippen molar-refractivity contribution < 1.29 is 27.2 Å². The Morgan fingerprint density at radius 1 is 1.21 bits per heavy atom. The fourth-order valence-corrected chi connectivity index (χ4v) is 4.68. The van der Waals surface area contributed by atoms with E-state index in [1.807, 2.05) is 12.1 Å². The van der Waals surface area contributed by atoms with E-state index in [2.05, 4.69) is 10.6 Å². The van der Waals surface area contributed by atoms with Gasteiger partial charge in [0.1, 0.15) is 0 Å². The maximum Gasteiger partial charge on any atom is 0.287 e. The lowest BCUT2D eigenvalue weighted by molar-refractivity contribution is -0.115. The fourth-order valence-electron chi connectivity index (χ4n) is 3.36. The average molecular weight is 419 g/mol. The van der Waals surface area contributed by atoms with Crippen molar-refractivity contribution in [1.29, 1.82) is 0 Å². The first-order valence-electron chi connectivity index (χ1n) is 9.26. The first-order valence-corrected chi connectivity index (χ1v) is 10.7. The smallest absolute Gasteiger partial charge is 0.287 e. The minimum atomic E-state index is -3.80. The molecule has 0 spiro atoms. The number of ether oxygens (including phenoxy) is 1. The summed E-state index contributed by atoms with van der Waals surface area (Å²) in [5.74, 6) is -0.657. The maximum atomic E-state index is 12.6. The molecule has 2 aromatic rings. The Morgan fingerprint density at radius 2 is 1.97 bits per heavy atom. The number of carbonyl (C=O) groups is 2. The number of nitrogens with one attached hydrogen (secondary N) is 2. The summed E-state index contributed by atoms with van der Waals surface area (Å²) in [5.41, 5.74) is 2.49. The van der Waals surface area contributed by atoms with Crippen molar-refractivity contribution in [3.63, 3.8) is 0 Å². The molecule has 4 rings (SSSR count). The molecule has 0 unspecified atom stereocenters. The van der Waals surface area contributed by atoms with Crippen LogP contribution in [0.2, 0.25) is 0 Å². The number of fused-ring (bicyclic) bond motifs is 1. The van der Waals surface area contributed by atoms with E-state index in [0.29, 0.717) is 19.6 Å². The van der Waals surface area contributed by atoms with E-state index in [1.165, 1.54) is 16.4 Å². The normalized spacial score (nSPS) is 18.2. The number of benzene rings is 1. The van der Waals surface area contributed by atoms with Gasteiger partial charge in [-0.1, -0.05) is 12.1 Å². The predicted molar refractivity (Wildman–Crippen MR) is 103 cm³/mol. The van der Waals surface area contributed by atoms with Crippen molar-refractivity contribution in [3.05, 3.63) is 47.2 Å². The minimum Gasteiger partial charge on any atom is -0.438 e. The summed E-state index contributed by atoms with van der Waals surface area (Å²) in [7, 11) is -3.80. The Kier molecular flexibility index (Phi) is 5.15. The van der Waals surface area contributed by atoms with Crippen molar-refractivity contribution in [3.8, 4) is 0 Å². The molecular formula is C19H21N3O6S. The van der Waals surface area contributed by atoms with Gasteiger partial charge in [0.15, 0.2) is 5.76 Å². The molecule has 10 heteroatoms. The lowest BCUT2D eigenvalue weighted by Crippen LogP contribution is -2.40. The van der Waals surface area contributed by atoms with E-state index in [1.54, 1.807) is 13.0 Å². The van der Waals surface area contributed by atoms with Crippen molar-refractivity contribution >= 4 is 27.5 Å². The van der Waals surface area contributed by atoms with Gasteiger partial charge in [-0.05, 0) is 36.2 Å². The van der Waals surface area contributed by atoms with Crippen LogP contribution in [-0.4, -0.2) is 50.8 Å². The monoisotopic (exact) mass is 419 g/mol. The van der Waals surface area contributed by atoms with E-state index >= 15 is 0 Å². The molecule has 1 saturated heterocycles. The second-order valence-corrected chi connectivity index (χ2v) is 8.84. The van der Waals surface area contributed by atoms with Crippen LogP contribution in [0.4, 0.5) is 5.69 Å². The topological polar surface area (TPSA) is 118 Å². The summed E-state index contributed by atoms with van der Waals surface area (Å²) >= 11 is 0. The van der Waals surface area contributed by atoms with Crippen LogP contribution in [0, 0.1) is 0 Å². The molecule has 0 saturated carbocycles. The molecule has 1 fully saturated rings. The molecule has 2 N–H and O–H groups in total. The van der Waals surface area contributed by atoms with Crippen molar-refractivity contribution in [1.82, 2.24) is 9.62 Å². The third-order valence-electron chi connectivity index (χ3n) is 4.97. The van der Waals surface area contributed by atoms with Gasteiger partial charge in [0.25, 0.3) is 15.9 Å². The highest BCUT2D eigenvalue weighted by atomic mass is 32.2. The van der Waals surface area contributed by atoms with Gasteiger partial charge in [0, 0.05) is 18.8 Å². The minimum absolute atomic E-state index is 0.0570. The number of carbonyl (C=O) groups excluding carboxylic acids is 2. The molecule has 2 amide bonds. The molecule has 1 aromatic carbocycles. The van der Waals surface area contributed by atoms with E-state index < -0.39 is 15.9 Å². The SMILES string of the molecule is C[C@@H](NC(=O)c1ccc(S(=O)(=O)N2CCOCC2)o1)c1ccc2c(c1)CC(=O)N2. The van der Waals surface area contributed by atoms with Gasteiger partial charge in [-0.15, -0.1) is 0 Å². The maximum absolute atomic E-state index is 12.6. The molecule has 0 radical (unpaired) electrons. The average Bonchev–Trinajstić information content (AvgIpc) is 3.34. The quantitative estimate of drug-likeness (QED) is 0.754. The fraction of sp³-hybridized carbons (Fsp3) is 0.368. The van der Waals surface area contributed by atoms with E-state index in [-0.39, 0.29) is 35.9 Å². The van der Waals surface area contributed by atoms with Gasteiger partial charge in [0.2, 0.25) is 11.0 Å². The first kappa shape index (κ1) is 19.6. The summed E-state index contributed by atoms with van der Waals surface area (Å²) in [6.07, 6.45) is 0.310. The largest absolute Gasteiger partial charge is 0.438 e. The van der Waals surface area contributed by atoms with E-state index in [9.17, 15) is 18.0 Å². The molecule has 29 heavy (non-hydrogen) atoms. The molecule has 154 valence electrons. The predicted octanol–water partition coefficient (Wildman–Crippen LogP) is 1.29. The van der Waals surface area contributed by atoms with Crippen LogP contribution >= 0.6 is 0 Å². The second kappa shape index (κ2) is 7.62. The second-order valence-electron chi connectivity index (χ2n) is 6.97. The number of sulfonamides is 1. The third kappa shape index (κ3) is 3.91. The number of amides is 2. The Hall–Kier alpha value is -2.69. The van der Waals surface area contributed by atoms with Gasteiger partial charge in [-0.2, -0.15) is 4.31 Å². The number of rotatable bonds is 5. The van der Waals surface area contributed by atoms with Gasteiger partial charge >= 0.3 is 0 Å². The summed E-state index contributed by atoms with van der Waals surface area (Å²) in [6.45, 7) is 2.95. The van der Waals surface area contributed by atoms with Crippen LogP contribution in [0.5, 0.6) is 0 Å². The number of furan rings is 1. The zero-order valence-electron chi connectivity index (χ0n) is 15.8. The van der Waals surface area contributed by atoms with Crippen LogP contribution in [0.15, 0.2) is 39.8 Å². The number of anilines is 1. The van der Waals surface area contributed by atoms with E-state index in [0.717, 1.165) is 16.8 Å². The molecule has 0 bridgehead atoms. The zero-order chi connectivity index (χ0) is 20.6. The Balaban J connectivity index is 1.45. The number of morpholine rings is 1. The van der Waals surface area contributed by atoms with Gasteiger partial charge < -0.3 is 19.8 Å². The molecule has 3 heterocycles. The number of hydrogen-bond acceptors (Lipinski definition) is 6. The Bertz CT molecular complexity index is 1060. The lowest BCUT2D eigenvalue weighted by Gasteiger charge is -2.24. The van der Waals surface area contributed by atoms with Gasteiger partial charge in [-0.3, -0.25) is 9.59 Å². The molecule has 0 aliphatic carbocycles. The van der Waals surface area contributed by atoms with Crippen molar-refractivity contribution in [2.24, 2.45) is 0 Å². The highest BCUT2D eigenvalue weighted by molar-refractivity contribution is 7.89. The lowest BCUT2D eigenvalue weighted by atomic mass is 10.0. The summed E-state index contributed by atoms with van der Waals surface area (Å²) in [5, 5.41) is 5.29. The first-order chi connectivity index (χ1) is 13.8. The molecule has 2 aliphatic heterocycles. The van der Waals surface area contributed by atoms with Crippen LogP contribution in [0.3, 0.4) is 0 Å². The van der Waals surface area contributed by atoms with Gasteiger partial charge in [-0.25, -0.2) is 8.42 Å². The van der Waals surface area contributed by atoms with E-state index in [4.69, 9.17) is 9.15 Å². The zero-order valence-corrected chi connectivity index (χ0v) is 16.6. The van der Waals surface area contributed by atoms with Crippen LogP contribution < -0.4 is 10.6 Å². The Labute approximate surface area is 168 Å². The molecule has 9 nitrogen and oxygen atoms in total. The van der Waals surface area contributed by atoms with Crippen LogP contribution in [-0.2, 0) is 26.0 Å². The number of hydrogen-bond donors (Lipinski definition) is 2. The molecule has 1 aromatic heterocycles. The number of nitrogens with zero attached hydrogens (tertiary/aromatic N) is 1. The van der Waals surface area contributed by atoms with Gasteiger partial charge in [0.05, 0.1) is 25.7 Å². The molecular weight excluding hydrogens is 398 g/mol. The summed E-state index contributed by atoms with van der Waals surface area (Å²) < 4.78 is 37.0. The van der Waals surface area contributed by atoms with Crippen LogP contribution in [0.1, 0.15) is 34.6 Å². The van der Waals surface area contributed by atoms with Crippen LogP contribution in [0.25, 0.3) is 0 Å². The third-order valence-corrected chi connectivity index (χ3v) is 6.74. The molecule has 1 atom stereocenters. The Morgan fingerprint density at radius 3 is 2.72 bits per heavy atom. The highest BCUT2D eigenvalue weighted by Crippen LogP contribution is 2.27.